The molecule has 4 heteroatoms. The van der Waals surface area contributed by atoms with Crippen LogP contribution in [0, 0.1) is 0 Å². The van der Waals surface area contributed by atoms with Crippen LogP contribution in [0.4, 0.5) is 0 Å². The molecule has 1 aromatic heterocycles. The average Bonchev–Trinajstić information content (AvgIpc) is 2.10. The first-order valence-corrected chi connectivity index (χ1v) is 4.97. The van der Waals surface area contributed by atoms with Gasteiger partial charge in [0, 0.05) is 11.8 Å². The number of hydrogen-bond acceptors (Lipinski definition) is 3. The fraction of sp³-hybridized carbons (Fsp3) is 0.571. The van der Waals surface area contributed by atoms with Gasteiger partial charge in [0.2, 0.25) is 0 Å². The van der Waals surface area contributed by atoms with E-state index in [0.29, 0.717) is 6.42 Å². The molecule has 1 aromatic rings. The molecule has 0 saturated heterocycles. The molecule has 0 aliphatic rings. The Morgan fingerprint density at radius 2 is 2.36 bits per heavy atom. The minimum atomic E-state index is -0.659. The number of aliphatic hydroxyl groups is 1. The van der Waals surface area contributed by atoms with E-state index in [4.69, 9.17) is 0 Å². The SMILES string of the molecule is CC(C)(O)Cc1csc(Br)n1. The highest BCUT2D eigenvalue weighted by atomic mass is 79.9. The van der Waals surface area contributed by atoms with Crippen LogP contribution in [-0.4, -0.2) is 15.7 Å². The molecule has 0 aromatic carbocycles. The van der Waals surface area contributed by atoms with Crippen molar-refractivity contribution >= 4 is 27.3 Å². The Hall–Kier alpha value is 0.0700. The highest BCUT2D eigenvalue weighted by Gasteiger charge is 2.14. The van der Waals surface area contributed by atoms with E-state index in [-0.39, 0.29) is 0 Å². The smallest absolute Gasteiger partial charge is 0.159 e. The summed E-state index contributed by atoms with van der Waals surface area (Å²) < 4.78 is 0.872. The molecule has 0 fully saturated rings. The van der Waals surface area contributed by atoms with E-state index >= 15 is 0 Å². The van der Waals surface area contributed by atoms with E-state index in [1.54, 1.807) is 13.8 Å². The highest BCUT2D eigenvalue weighted by Crippen LogP contribution is 2.19. The van der Waals surface area contributed by atoms with Crippen molar-refractivity contribution in [3.63, 3.8) is 0 Å². The first-order valence-electron chi connectivity index (χ1n) is 3.30. The largest absolute Gasteiger partial charge is 0.390 e. The molecule has 11 heavy (non-hydrogen) atoms. The number of thiazole rings is 1. The fourth-order valence-electron chi connectivity index (χ4n) is 0.807. The Labute approximate surface area is 78.4 Å². The lowest BCUT2D eigenvalue weighted by molar-refractivity contribution is 0.0801. The van der Waals surface area contributed by atoms with Crippen LogP contribution in [0.1, 0.15) is 19.5 Å². The second-order valence-electron chi connectivity index (χ2n) is 3.08. The minimum absolute atomic E-state index is 0.606. The van der Waals surface area contributed by atoms with Gasteiger partial charge in [-0.15, -0.1) is 11.3 Å². The molecule has 0 aliphatic carbocycles. The molecule has 0 aliphatic heterocycles. The molecular formula is C7H10BrNOS. The van der Waals surface area contributed by atoms with Crippen LogP contribution in [0.3, 0.4) is 0 Å². The predicted molar refractivity (Wildman–Crippen MR) is 49.8 cm³/mol. The summed E-state index contributed by atoms with van der Waals surface area (Å²) >= 11 is 4.80. The van der Waals surface area contributed by atoms with E-state index in [0.717, 1.165) is 9.61 Å². The molecular weight excluding hydrogens is 226 g/mol. The van der Waals surface area contributed by atoms with Crippen molar-refractivity contribution in [2.75, 3.05) is 0 Å². The third-order valence-electron chi connectivity index (χ3n) is 1.14. The van der Waals surface area contributed by atoms with Crippen LogP contribution in [0.5, 0.6) is 0 Å². The molecule has 0 bridgehead atoms. The molecule has 0 unspecified atom stereocenters. The van der Waals surface area contributed by atoms with Gasteiger partial charge >= 0.3 is 0 Å². The van der Waals surface area contributed by atoms with E-state index < -0.39 is 5.60 Å². The summed E-state index contributed by atoms with van der Waals surface area (Å²) in [6.45, 7) is 3.56. The Kier molecular flexibility index (Phi) is 2.67. The Bertz CT molecular complexity index is 241. The van der Waals surface area contributed by atoms with Crippen molar-refractivity contribution in [3.8, 4) is 0 Å². The molecule has 0 spiro atoms. The van der Waals surface area contributed by atoms with Crippen molar-refractivity contribution in [2.45, 2.75) is 25.9 Å². The van der Waals surface area contributed by atoms with Gasteiger partial charge in [0.05, 0.1) is 11.3 Å². The number of aromatic nitrogens is 1. The minimum Gasteiger partial charge on any atom is -0.390 e. The van der Waals surface area contributed by atoms with Gasteiger partial charge in [0.25, 0.3) is 0 Å². The van der Waals surface area contributed by atoms with Crippen molar-refractivity contribution in [2.24, 2.45) is 0 Å². The van der Waals surface area contributed by atoms with Gasteiger partial charge in [-0.3, -0.25) is 0 Å². The van der Waals surface area contributed by atoms with Crippen LogP contribution < -0.4 is 0 Å². The quantitative estimate of drug-likeness (QED) is 0.854. The first-order chi connectivity index (χ1) is 4.97. The second kappa shape index (κ2) is 3.21. The Morgan fingerprint density at radius 1 is 1.73 bits per heavy atom. The molecule has 1 N–H and O–H groups in total. The lowest BCUT2D eigenvalue weighted by atomic mass is 10.0. The topological polar surface area (TPSA) is 33.1 Å². The molecule has 0 saturated carbocycles. The van der Waals surface area contributed by atoms with E-state index in [9.17, 15) is 5.11 Å². The maximum Gasteiger partial charge on any atom is 0.159 e. The standard InChI is InChI=1S/C7H10BrNOS/c1-7(2,10)3-5-4-11-6(8)9-5/h4,10H,3H2,1-2H3. The average molecular weight is 236 g/mol. The number of hydrogen-bond donors (Lipinski definition) is 1. The Balaban J connectivity index is 2.65. The molecule has 0 amide bonds. The zero-order valence-corrected chi connectivity index (χ0v) is 8.87. The van der Waals surface area contributed by atoms with Crippen molar-refractivity contribution in [1.29, 1.82) is 0 Å². The monoisotopic (exact) mass is 235 g/mol. The van der Waals surface area contributed by atoms with E-state index in [1.807, 2.05) is 5.38 Å². The van der Waals surface area contributed by atoms with Crippen molar-refractivity contribution in [1.82, 2.24) is 4.98 Å². The van der Waals surface area contributed by atoms with Crippen LogP contribution in [-0.2, 0) is 6.42 Å². The lowest BCUT2D eigenvalue weighted by Gasteiger charge is -2.14. The maximum atomic E-state index is 9.43. The summed E-state index contributed by atoms with van der Waals surface area (Å²) in [7, 11) is 0. The summed E-state index contributed by atoms with van der Waals surface area (Å²) in [6, 6.07) is 0. The first kappa shape index (κ1) is 9.16. The zero-order chi connectivity index (χ0) is 8.48. The van der Waals surface area contributed by atoms with Gasteiger partial charge in [0.1, 0.15) is 0 Å². The molecule has 0 radical (unpaired) electrons. The molecule has 2 nitrogen and oxygen atoms in total. The van der Waals surface area contributed by atoms with Crippen LogP contribution >= 0.6 is 27.3 Å². The van der Waals surface area contributed by atoms with Crippen LogP contribution in [0.25, 0.3) is 0 Å². The third kappa shape index (κ3) is 3.31. The van der Waals surface area contributed by atoms with Gasteiger partial charge in [-0.05, 0) is 29.8 Å². The summed E-state index contributed by atoms with van der Waals surface area (Å²) in [4.78, 5) is 4.17. The van der Waals surface area contributed by atoms with Crippen LogP contribution in [0.2, 0.25) is 0 Å². The number of rotatable bonds is 2. The van der Waals surface area contributed by atoms with Gasteiger partial charge in [-0.25, -0.2) is 4.98 Å². The molecule has 1 rings (SSSR count). The number of nitrogens with zero attached hydrogens (tertiary/aromatic N) is 1. The normalized spacial score (nSPS) is 12.0. The number of halogens is 1. The summed E-state index contributed by atoms with van der Waals surface area (Å²) in [5.74, 6) is 0. The van der Waals surface area contributed by atoms with Crippen LogP contribution in [0.15, 0.2) is 9.30 Å². The highest BCUT2D eigenvalue weighted by molar-refractivity contribution is 9.11. The third-order valence-corrected chi connectivity index (χ3v) is 2.55. The van der Waals surface area contributed by atoms with Gasteiger partial charge in [-0.2, -0.15) is 0 Å². The van der Waals surface area contributed by atoms with Crippen molar-refractivity contribution < 1.29 is 5.11 Å². The van der Waals surface area contributed by atoms with E-state index in [1.165, 1.54) is 11.3 Å². The molecule has 0 atom stereocenters. The summed E-state index contributed by atoms with van der Waals surface area (Å²) in [5.41, 5.74) is 0.280. The Morgan fingerprint density at radius 3 is 2.73 bits per heavy atom. The summed E-state index contributed by atoms with van der Waals surface area (Å²) in [5, 5.41) is 11.4. The van der Waals surface area contributed by atoms with Crippen molar-refractivity contribution in [3.05, 3.63) is 15.0 Å². The summed E-state index contributed by atoms with van der Waals surface area (Å²) in [6.07, 6.45) is 0.606. The predicted octanol–water partition coefficient (Wildman–Crippen LogP) is 2.22. The molecule has 1 heterocycles. The molecule has 62 valence electrons. The van der Waals surface area contributed by atoms with Gasteiger partial charge < -0.3 is 5.11 Å². The van der Waals surface area contributed by atoms with Gasteiger partial charge in [0.15, 0.2) is 3.92 Å². The maximum absolute atomic E-state index is 9.43. The van der Waals surface area contributed by atoms with E-state index in [2.05, 4.69) is 20.9 Å². The van der Waals surface area contributed by atoms with Gasteiger partial charge in [-0.1, -0.05) is 0 Å². The zero-order valence-electron chi connectivity index (χ0n) is 6.47. The fourth-order valence-corrected chi connectivity index (χ4v) is 1.85. The second-order valence-corrected chi connectivity index (χ2v) is 5.22. The lowest BCUT2D eigenvalue weighted by Crippen LogP contribution is -2.21.